The van der Waals surface area contributed by atoms with Crippen molar-refractivity contribution in [2.45, 2.75) is 19.9 Å². The van der Waals surface area contributed by atoms with Crippen molar-refractivity contribution >= 4 is 21.8 Å². The fourth-order valence-electron chi connectivity index (χ4n) is 1.10. The van der Waals surface area contributed by atoms with Crippen molar-refractivity contribution in [1.82, 2.24) is 15.1 Å². The number of aryl methyl sites for hydroxylation is 1. The molecular weight excluding hydrogens is 262 g/mol. The summed E-state index contributed by atoms with van der Waals surface area (Å²) in [6.07, 6.45) is 1.76. The highest BCUT2D eigenvalue weighted by Gasteiger charge is 2.16. The third-order valence-electron chi connectivity index (χ3n) is 2.04. The number of halogens is 1. The van der Waals surface area contributed by atoms with Crippen molar-refractivity contribution in [3.63, 3.8) is 0 Å². The summed E-state index contributed by atoms with van der Waals surface area (Å²) in [7, 11) is 0. The molecule has 1 amide bonds. The Morgan fingerprint density at radius 1 is 1.80 bits per heavy atom. The molecule has 15 heavy (non-hydrogen) atoms. The summed E-state index contributed by atoms with van der Waals surface area (Å²) in [5.41, 5.74) is 0.844. The first-order valence-electron chi connectivity index (χ1n) is 4.66. The molecule has 0 aliphatic rings. The Morgan fingerprint density at radius 2 is 2.47 bits per heavy atom. The van der Waals surface area contributed by atoms with E-state index in [9.17, 15) is 4.79 Å². The zero-order chi connectivity index (χ0) is 11.4. The lowest BCUT2D eigenvalue weighted by Crippen LogP contribution is -2.33. The van der Waals surface area contributed by atoms with Gasteiger partial charge >= 0.3 is 0 Å². The van der Waals surface area contributed by atoms with E-state index in [0.717, 1.165) is 10.2 Å². The molecule has 1 aromatic heterocycles. The van der Waals surface area contributed by atoms with Crippen LogP contribution in [-0.4, -0.2) is 33.9 Å². The molecule has 0 fully saturated rings. The van der Waals surface area contributed by atoms with E-state index in [1.807, 2.05) is 6.92 Å². The number of aliphatic hydroxyl groups excluding tert-OH is 1. The molecular formula is C9H14BrN3O2. The number of hydrogen-bond donors (Lipinski definition) is 2. The van der Waals surface area contributed by atoms with Gasteiger partial charge < -0.3 is 10.4 Å². The molecule has 1 atom stereocenters. The average molecular weight is 276 g/mol. The third kappa shape index (κ3) is 3.04. The summed E-state index contributed by atoms with van der Waals surface area (Å²) >= 11 is 3.33. The van der Waals surface area contributed by atoms with E-state index in [2.05, 4.69) is 26.3 Å². The van der Waals surface area contributed by atoms with Crippen LogP contribution >= 0.6 is 15.9 Å². The number of rotatable bonds is 4. The molecule has 1 rings (SSSR count). The van der Waals surface area contributed by atoms with Crippen LogP contribution in [0.3, 0.4) is 0 Å². The molecule has 0 saturated heterocycles. The van der Waals surface area contributed by atoms with E-state index >= 15 is 0 Å². The van der Waals surface area contributed by atoms with E-state index in [4.69, 9.17) is 5.11 Å². The molecule has 84 valence electrons. The lowest BCUT2D eigenvalue weighted by molar-refractivity contribution is -0.124. The van der Waals surface area contributed by atoms with Gasteiger partial charge in [0.25, 0.3) is 0 Å². The van der Waals surface area contributed by atoms with Crippen LogP contribution in [0.2, 0.25) is 0 Å². The minimum atomic E-state index is -0.374. The normalized spacial score (nSPS) is 12.5. The second-order valence-corrected chi connectivity index (χ2v) is 4.09. The standard InChI is InChI=1S/C9H14BrN3O2/c1-6-8(10)5-13(12-6)7(2)9(15)11-3-4-14/h5,7,14H,3-4H2,1-2H3,(H,11,15). The van der Waals surface area contributed by atoms with Crippen LogP contribution in [0.5, 0.6) is 0 Å². The molecule has 0 aliphatic carbocycles. The number of nitrogens with one attached hydrogen (secondary N) is 1. The van der Waals surface area contributed by atoms with Gasteiger partial charge in [0.1, 0.15) is 6.04 Å². The van der Waals surface area contributed by atoms with Gasteiger partial charge in [0.2, 0.25) is 5.91 Å². The molecule has 0 spiro atoms. The van der Waals surface area contributed by atoms with Crippen molar-refractivity contribution in [2.75, 3.05) is 13.2 Å². The number of aromatic nitrogens is 2. The second-order valence-electron chi connectivity index (χ2n) is 3.23. The van der Waals surface area contributed by atoms with E-state index < -0.39 is 0 Å². The molecule has 2 N–H and O–H groups in total. The summed E-state index contributed by atoms with van der Waals surface area (Å²) in [4.78, 5) is 11.5. The van der Waals surface area contributed by atoms with Gasteiger partial charge in [0, 0.05) is 12.7 Å². The SMILES string of the molecule is Cc1nn(C(C)C(=O)NCCO)cc1Br. The molecule has 0 saturated carbocycles. The number of hydrogen-bond acceptors (Lipinski definition) is 3. The molecule has 0 bridgehead atoms. The number of carbonyl (C=O) groups excluding carboxylic acids is 1. The maximum absolute atomic E-state index is 11.5. The van der Waals surface area contributed by atoms with Gasteiger partial charge in [0.05, 0.1) is 16.8 Å². The molecule has 5 nitrogen and oxygen atoms in total. The second kappa shape index (κ2) is 5.27. The molecule has 0 aliphatic heterocycles. The Labute approximate surface area is 96.6 Å². The van der Waals surface area contributed by atoms with Crippen molar-refractivity contribution in [1.29, 1.82) is 0 Å². The summed E-state index contributed by atoms with van der Waals surface area (Å²) in [5.74, 6) is -0.154. The first-order valence-corrected chi connectivity index (χ1v) is 5.45. The predicted octanol–water partition coefficient (Wildman–Crippen LogP) is 0.624. The van der Waals surface area contributed by atoms with Gasteiger partial charge in [-0.25, -0.2) is 0 Å². The van der Waals surface area contributed by atoms with Crippen LogP contribution in [0.4, 0.5) is 0 Å². The zero-order valence-corrected chi connectivity index (χ0v) is 10.3. The van der Waals surface area contributed by atoms with Crippen LogP contribution in [0.15, 0.2) is 10.7 Å². The quantitative estimate of drug-likeness (QED) is 0.847. The smallest absolute Gasteiger partial charge is 0.244 e. The molecule has 1 unspecified atom stereocenters. The van der Waals surface area contributed by atoms with E-state index in [0.29, 0.717) is 0 Å². The number of carbonyl (C=O) groups is 1. The predicted molar refractivity (Wildman–Crippen MR) is 59.5 cm³/mol. The number of amides is 1. The van der Waals surface area contributed by atoms with Crippen LogP contribution in [0, 0.1) is 6.92 Å². The highest BCUT2D eigenvalue weighted by molar-refractivity contribution is 9.10. The summed E-state index contributed by atoms with van der Waals surface area (Å²) in [6, 6.07) is -0.374. The van der Waals surface area contributed by atoms with Crippen LogP contribution in [0.25, 0.3) is 0 Å². The van der Waals surface area contributed by atoms with Crippen molar-refractivity contribution in [2.24, 2.45) is 0 Å². The van der Waals surface area contributed by atoms with Gasteiger partial charge in [-0.3, -0.25) is 9.48 Å². The van der Waals surface area contributed by atoms with Gasteiger partial charge in [0.15, 0.2) is 0 Å². The summed E-state index contributed by atoms with van der Waals surface area (Å²) < 4.78 is 2.47. The van der Waals surface area contributed by atoms with Gasteiger partial charge in [-0.2, -0.15) is 5.10 Å². The lowest BCUT2D eigenvalue weighted by atomic mass is 10.3. The minimum absolute atomic E-state index is 0.0553. The fourth-order valence-corrected chi connectivity index (χ4v) is 1.39. The topological polar surface area (TPSA) is 67.2 Å². The number of nitrogens with zero attached hydrogens (tertiary/aromatic N) is 2. The highest BCUT2D eigenvalue weighted by atomic mass is 79.9. The average Bonchev–Trinajstić information content (AvgIpc) is 2.54. The Hall–Kier alpha value is -0.880. The van der Waals surface area contributed by atoms with E-state index in [-0.39, 0.29) is 25.1 Å². The Balaban J connectivity index is 2.67. The molecule has 0 radical (unpaired) electrons. The molecule has 1 heterocycles. The van der Waals surface area contributed by atoms with Crippen LogP contribution < -0.4 is 5.32 Å². The molecule has 6 heteroatoms. The third-order valence-corrected chi connectivity index (χ3v) is 2.82. The Kier molecular flexibility index (Phi) is 4.28. The molecule has 1 aromatic rings. The first-order chi connectivity index (χ1) is 7.06. The van der Waals surface area contributed by atoms with Crippen molar-refractivity contribution < 1.29 is 9.90 Å². The lowest BCUT2D eigenvalue weighted by Gasteiger charge is -2.11. The fraction of sp³-hybridized carbons (Fsp3) is 0.556. The van der Waals surface area contributed by atoms with Crippen LogP contribution in [-0.2, 0) is 4.79 Å². The monoisotopic (exact) mass is 275 g/mol. The maximum atomic E-state index is 11.5. The number of aliphatic hydroxyl groups is 1. The summed E-state index contributed by atoms with van der Waals surface area (Å²) in [5, 5.41) is 15.4. The van der Waals surface area contributed by atoms with E-state index in [1.54, 1.807) is 17.8 Å². The van der Waals surface area contributed by atoms with Crippen molar-refractivity contribution in [3.8, 4) is 0 Å². The van der Waals surface area contributed by atoms with E-state index in [1.165, 1.54) is 0 Å². The Morgan fingerprint density at radius 3 is 2.93 bits per heavy atom. The Bertz CT molecular complexity index is 332. The molecule has 0 aromatic carbocycles. The van der Waals surface area contributed by atoms with Gasteiger partial charge in [-0.05, 0) is 29.8 Å². The highest BCUT2D eigenvalue weighted by Crippen LogP contribution is 2.16. The minimum Gasteiger partial charge on any atom is -0.395 e. The van der Waals surface area contributed by atoms with Crippen LogP contribution in [0.1, 0.15) is 18.7 Å². The van der Waals surface area contributed by atoms with Crippen molar-refractivity contribution in [3.05, 3.63) is 16.4 Å². The van der Waals surface area contributed by atoms with Gasteiger partial charge in [-0.15, -0.1) is 0 Å². The maximum Gasteiger partial charge on any atom is 0.244 e. The van der Waals surface area contributed by atoms with Gasteiger partial charge in [-0.1, -0.05) is 0 Å². The first kappa shape index (κ1) is 12.2. The zero-order valence-electron chi connectivity index (χ0n) is 8.70. The largest absolute Gasteiger partial charge is 0.395 e. The summed E-state index contributed by atoms with van der Waals surface area (Å²) in [6.45, 7) is 3.83.